The van der Waals surface area contributed by atoms with Crippen LogP contribution in [0.1, 0.15) is 37.7 Å². The van der Waals surface area contributed by atoms with Gasteiger partial charge in [0.15, 0.2) is 0 Å². The van der Waals surface area contributed by atoms with E-state index in [-0.39, 0.29) is 11.5 Å². The van der Waals surface area contributed by atoms with Gasteiger partial charge < -0.3 is 5.11 Å². The van der Waals surface area contributed by atoms with Crippen LogP contribution in [0, 0.1) is 0 Å². The molecule has 1 aromatic rings. The number of halogens is 1. The lowest BCUT2D eigenvalue weighted by Gasteiger charge is -2.24. The highest BCUT2D eigenvalue weighted by Crippen LogP contribution is 2.25. The third kappa shape index (κ3) is 3.52. The lowest BCUT2D eigenvalue weighted by molar-refractivity contribution is 0.282. The largest absolute Gasteiger partial charge is 0.392 e. The second-order valence-corrected chi connectivity index (χ2v) is 7.43. The molecule has 20 heavy (non-hydrogen) atoms. The molecule has 0 aromatic heterocycles. The fraction of sp³-hybridized carbons (Fsp3) is 0.571. The smallest absolute Gasteiger partial charge is 0.243 e. The maximum Gasteiger partial charge on any atom is 0.243 e. The summed E-state index contributed by atoms with van der Waals surface area (Å²) >= 11 is 5.99. The van der Waals surface area contributed by atoms with Gasteiger partial charge in [-0.1, -0.05) is 36.9 Å². The summed E-state index contributed by atoms with van der Waals surface area (Å²) in [5.74, 6) is 0. The second kappa shape index (κ2) is 6.89. The monoisotopic (exact) mass is 317 g/mol. The molecule has 1 N–H and O–H groups in total. The molecule has 0 radical (unpaired) electrons. The van der Waals surface area contributed by atoms with Gasteiger partial charge in [-0.15, -0.1) is 0 Å². The topological polar surface area (TPSA) is 57.6 Å². The molecule has 0 spiro atoms. The van der Waals surface area contributed by atoms with Crippen molar-refractivity contribution in [2.24, 2.45) is 0 Å². The van der Waals surface area contributed by atoms with E-state index in [1.54, 1.807) is 10.4 Å². The van der Waals surface area contributed by atoms with Crippen LogP contribution in [-0.2, 0) is 16.6 Å². The predicted octanol–water partition coefficient (Wildman–Crippen LogP) is 2.79. The van der Waals surface area contributed by atoms with E-state index in [1.165, 1.54) is 18.6 Å². The van der Waals surface area contributed by atoms with E-state index >= 15 is 0 Å². The van der Waals surface area contributed by atoms with E-state index < -0.39 is 10.0 Å². The number of benzene rings is 1. The van der Waals surface area contributed by atoms with Crippen molar-refractivity contribution in [3.63, 3.8) is 0 Å². The molecule has 2 rings (SSSR count). The zero-order valence-electron chi connectivity index (χ0n) is 11.4. The molecular weight excluding hydrogens is 298 g/mol. The number of hydrogen-bond acceptors (Lipinski definition) is 3. The minimum atomic E-state index is -3.48. The van der Waals surface area contributed by atoms with E-state index in [0.717, 1.165) is 25.7 Å². The molecule has 1 aliphatic rings. The Morgan fingerprint density at radius 1 is 1.10 bits per heavy atom. The summed E-state index contributed by atoms with van der Waals surface area (Å²) in [5.41, 5.74) is 0.540. The minimum Gasteiger partial charge on any atom is -0.392 e. The molecule has 1 fully saturated rings. The number of aliphatic hydroxyl groups excluding tert-OH is 1. The van der Waals surface area contributed by atoms with Crippen molar-refractivity contribution in [3.05, 3.63) is 28.8 Å². The Hall–Kier alpha value is -0.620. The molecule has 0 unspecified atom stereocenters. The van der Waals surface area contributed by atoms with Gasteiger partial charge in [0.05, 0.1) is 11.5 Å². The highest BCUT2D eigenvalue weighted by molar-refractivity contribution is 7.89. The van der Waals surface area contributed by atoms with Crippen molar-refractivity contribution in [1.29, 1.82) is 0 Å². The molecule has 0 atom stereocenters. The van der Waals surface area contributed by atoms with Crippen LogP contribution in [0.15, 0.2) is 23.1 Å². The van der Waals surface area contributed by atoms with E-state index in [4.69, 9.17) is 16.7 Å². The van der Waals surface area contributed by atoms with Crippen molar-refractivity contribution < 1.29 is 13.5 Å². The Morgan fingerprint density at radius 3 is 2.25 bits per heavy atom. The number of hydrogen-bond donors (Lipinski definition) is 1. The van der Waals surface area contributed by atoms with Gasteiger partial charge in [-0.2, -0.15) is 4.31 Å². The summed E-state index contributed by atoms with van der Waals surface area (Å²) < 4.78 is 26.8. The summed E-state index contributed by atoms with van der Waals surface area (Å²) in [7, 11) is -3.48. The zero-order valence-corrected chi connectivity index (χ0v) is 13.0. The molecule has 6 heteroatoms. The normalized spacial score (nSPS) is 18.5. The maximum absolute atomic E-state index is 12.6. The molecule has 1 heterocycles. The Kier molecular flexibility index (Phi) is 5.43. The Morgan fingerprint density at radius 2 is 1.70 bits per heavy atom. The number of sulfonamides is 1. The number of aliphatic hydroxyl groups is 1. The van der Waals surface area contributed by atoms with Crippen LogP contribution in [-0.4, -0.2) is 30.9 Å². The fourth-order valence-electron chi connectivity index (χ4n) is 2.42. The minimum absolute atomic E-state index is 0.192. The fourth-order valence-corrected chi connectivity index (χ4v) is 4.27. The third-order valence-corrected chi connectivity index (χ3v) is 5.89. The van der Waals surface area contributed by atoms with Gasteiger partial charge in [0, 0.05) is 18.1 Å². The molecule has 1 saturated heterocycles. The highest BCUT2D eigenvalue weighted by Gasteiger charge is 2.25. The molecule has 1 aliphatic heterocycles. The van der Waals surface area contributed by atoms with Gasteiger partial charge in [-0.05, 0) is 30.5 Å². The summed E-state index contributed by atoms with van der Waals surface area (Å²) in [6.07, 6.45) is 5.15. The van der Waals surface area contributed by atoms with Crippen LogP contribution in [0.2, 0.25) is 5.02 Å². The first-order valence-corrected chi connectivity index (χ1v) is 8.77. The van der Waals surface area contributed by atoms with Gasteiger partial charge in [-0.3, -0.25) is 0 Å². The van der Waals surface area contributed by atoms with Gasteiger partial charge in [0.1, 0.15) is 0 Å². The van der Waals surface area contributed by atoms with Crippen molar-refractivity contribution >= 4 is 21.6 Å². The second-order valence-electron chi connectivity index (χ2n) is 5.08. The average molecular weight is 318 g/mol. The number of rotatable bonds is 3. The van der Waals surface area contributed by atoms with Gasteiger partial charge >= 0.3 is 0 Å². The van der Waals surface area contributed by atoms with Crippen molar-refractivity contribution in [3.8, 4) is 0 Å². The first-order valence-electron chi connectivity index (χ1n) is 6.95. The zero-order chi connectivity index (χ0) is 14.6. The van der Waals surface area contributed by atoms with Crippen molar-refractivity contribution in [1.82, 2.24) is 4.31 Å². The van der Waals surface area contributed by atoms with E-state index in [2.05, 4.69) is 0 Å². The molecule has 1 aromatic carbocycles. The van der Waals surface area contributed by atoms with Gasteiger partial charge in [0.25, 0.3) is 0 Å². The molecule has 0 bridgehead atoms. The van der Waals surface area contributed by atoms with Crippen LogP contribution < -0.4 is 0 Å². The van der Waals surface area contributed by atoms with E-state index in [9.17, 15) is 8.42 Å². The van der Waals surface area contributed by atoms with Gasteiger partial charge in [0.2, 0.25) is 10.0 Å². The molecule has 0 amide bonds. The quantitative estimate of drug-likeness (QED) is 0.932. The Bertz CT molecular complexity index is 552. The molecule has 112 valence electrons. The first-order chi connectivity index (χ1) is 9.55. The maximum atomic E-state index is 12.6. The van der Waals surface area contributed by atoms with Gasteiger partial charge in [-0.25, -0.2) is 8.42 Å². The molecular formula is C14H20ClNO3S. The standard InChI is InChI=1S/C14H20ClNO3S/c15-14-10-13(7-6-12(14)11-17)20(18,19)16-8-4-2-1-3-5-9-16/h6-7,10,17H,1-5,8-9,11H2. The third-order valence-electron chi connectivity index (χ3n) is 3.65. The lowest BCUT2D eigenvalue weighted by Crippen LogP contribution is -2.33. The van der Waals surface area contributed by atoms with Crippen molar-refractivity contribution in [2.45, 2.75) is 43.6 Å². The van der Waals surface area contributed by atoms with Crippen LogP contribution in [0.4, 0.5) is 0 Å². The summed E-state index contributed by atoms with van der Waals surface area (Å²) in [6, 6.07) is 4.52. The average Bonchev–Trinajstić information content (AvgIpc) is 2.37. The number of nitrogens with zero attached hydrogens (tertiary/aromatic N) is 1. The van der Waals surface area contributed by atoms with E-state index in [1.807, 2.05) is 0 Å². The van der Waals surface area contributed by atoms with Crippen molar-refractivity contribution in [2.75, 3.05) is 13.1 Å². The summed E-state index contributed by atoms with van der Waals surface area (Å²) in [5, 5.41) is 9.38. The SMILES string of the molecule is O=S(=O)(c1ccc(CO)c(Cl)c1)N1CCCCCCC1. The Labute approximate surface area is 125 Å². The molecule has 4 nitrogen and oxygen atoms in total. The van der Waals surface area contributed by atoms with Crippen LogP contribution in [0.3, 0.4) is 0 Å². The summed E-state index contributed by atoms with van der Waals surface area (Å²) in [4.78, 5) is 0.209. The molecule has 0 saturated carbocycles. The van der Waals surface area contributed by atoms with Crippen LogP contribution >= 0.6 is 11.6 Å². The van der Waals surface area contributed by atoms with Crippen LogP contribution in [0.5, 0.6) is 0 Å². The predicted molar refractivity (Wildman–Crippen MR) is 79.2 cm³/mol. The molecule has 0 aliphatic carbocycles. The van der Waals surface area contributed by atoms with Crippen LogP contribution in [0.25, 0.3) is 0 Å². The first kappa shape index (κ1) is 15.8. The Balaban J connectivity index is 2.26. The van der Waals surface area contributed by atoms with E-state index in [0.29, 0.717) is 23.7 Å². The lowest BCUT2D eigenvalue weighted by atomic mass is 10.1. The highest BCUT2D eigenvalue weighted by atomic mass is 35.5. The summed E-state index contributed by atoms with van der Waals surface area (Å²) in [6.45, 7) is 0.951.